The summed E-state index contributed by atoms with van der Waals surface area (Å²) in [6.45, 7) is 4.14. The lowest BCUT2D eigenvalue weighted by Gasteiger charge is -2.35. The van der Waals surface area contributed by atoms with Crippen molar-refractivity contribution in [3.8, 4) is 0 Å². The second kappa shape index (κ2) is 7.81. The van der Waals surface area contributed by atoms with Gasteiger partial charge in [0.15, 0.2) is 5.78 Å². The molecule has 3 atom stereocenters. The van der Waals surface area contributed by atoms with Crippen molar-refractivity contribution in [3.63, 3.8) is 0 Å². The molecule has 3 aliphatic rings. The van der Waals surface area contributed by atoms with Crippen LogP contribution in [0.4, 0.5) is 11.4 Å². The number of aryl methyl sites for hydroxylation is 2. The lowest BCUT2D eigenvalue weighted by atomic mass is 9.81. The molecule has 2 fully saturated rings. The van der Waals surface area contributed by atoms with Crippen LogP contribution in [0.15, 0.2) is 24.4 Å². The van der Waals surface area contributed by atoms with Crippen LogP contribution in [0, 0.1) is 12.8 Å². The van der Waals surface area contributed by atoms with E-state index >= 15 is 0 Å². The Kier molecular flexibility index (Phi) is 4.91. The Hall–Kier alpha value is -2.51. The molecule has 2 bridgehead atoms. The van der Waals surface area contributed by atoms with Gasteiger partial charge >= 0.3 is 0 Å². The number of hydrogen-bond donors (Lipinski definition) is 2. The topological polar surface area (TPSA) is 84.1 Å². The number of nitrogen functional groups attached to an aromatic ring is 1. The van der Waals surface area contributed by atoms with Gasteiger partial charge in [0.2, 0.25) is 0 Å². The molecule has 6 rings (SSSR count). The highest BCUT2D eigenvalue weighted by Crippen LogP contribution is 2.36. The van der Waals surface area contributed by atoms with E-state index in [0.717, 1.165) is 42.9 Å². The summed E-state index contributed by atoms with van der Waals surface area (Å²) in [4.78, 5) is 25.9. The van der Waals surface area contributed by atoms with Crippen LogP contribution in [0.1, 0.15) is 52.2 Å². The fourth-order valence-corrected chi connectivity index (χ4v) is 6.77. The first-order valence-corrected chi connectivity index (χ1v) is 12.5. The number of thiophene rings is 1. The lowest BCUT2D eigenvalue weighted by molar-refractivity contribution is 0.0962. The molecule has 3 N–H and O–H groups in total. The molecule has 166 valence electrons. The number of anilines is 2. The van der Waals surface area contributed by atoms with Crippen LogP contribution >= 0.6 is 11.3 Å². The summed E-state index contributed by atoms with van der Waals surface area (Å²) < 4.78 is 0. The normalized spacial score (nSPS) is 24.7. The molecule has 1 aliphatic carbocycles. The Bertz CT molecular complexity index is 1190. The Morgan fingerprint density at radius 2 is 2.03 bits per heavy atom. The molecule has 32 heavy (non-hydrogen) atoms. The van der Waals surface area contributed by atoms with Gasteiger partial charge in [0, 0.05) is 43.5 Å². The number of hydrogen-bond acceptors (Lipinski definition) is 7. The van der Waals surface area contributed by atoms with Crippen molar-refractivity contribution < 1.29 is 4.79 Å². The minimum absolute atomic E-state index is 0.131. The maximum absolute atomic E-state index is 13.1. The SMILES string of the molecule is Cc1cnc2c(N)c(C(=O)C[C@H]3CCc4cc(N5CC6CCC(C5)N6)ccc4C3)sc2n1. The summed E-state index contributed by atoms with van der Waals surface area (Å²) in [5.41, 5.74) is 12.5. The average molecular weight is 448 g/mol. The predicted molar refractivity (Wildman–Crippen MR) is 130 cm³/mol. The number of ketones is 1. The summed E-state index contributed by atoms with van der Waals surface area (Å²) in [7, 11) is 0. The van der Waals surface area contributed by atoms with E-state index in [2.05, 4.69) is 38.4 Å². The summed E-state index contributed by atoms with van der Waals surface area (Å²) >= 11 is 1.38. The molecule has 0 saturated carbocycles. The molecule has 3 aromatic rings. The van der Waals surface area contributed by atoms with E-state index in [1.807, 2.05) is 6.92 Å². The first-order chi connectivity index (χ1) is 15.5. The third kappa shape index (κ3) is 3.57. The largest absolute Gasteiger partial charge is 0.396 e. The fourth-order valence-electron chi connectivity index (χ4n) is 5.73. The van der Waals surface area contributed by atoms with E-state index in [9.17, 15) is 4.79 Å². The van der Waals surface area contributed by atoms with E-state index in [1.165, 1.54) is 41.0 Å². The number of carbonyl (C=O) groups excluding carboxylic acids is 1. The van der Waals surface area contributed by atoms with Crippen LogP contribution in [-0.2, 0) is 12.8 Å². The van der Waals surface area contributed by atoms with Gasteiger partial charge < -0.3 is 16.0 Å². The predicted octanol–water partition coefficient (Wildman–Crippen LogP) is 3.90. The van der Waals surface area contributed by atoms with Crippen molar-refractivity contribution in [3.05, 3.63) is 46.1 Å². The number of nitrogens with one attached hydrogen (secondary N) is 1. The molecule has 1 aromatic carbocycles. The molecule has 7 heteroatoms. The zero-order valence-corrected chi connectivity index (χ0v) is 19.3. The fraction of sp³-hybridized carbons (Fsp3) is 0.480. The first-order valence-electron chi connectivity index (χ1n) is 11.7. The molecule has 2 unspecified atom stereocenters. The molecule has 0 radical (unpaired) electrons. The number of benzene rings is 1. The Morgan fingerprint density at radius 1 is 1.22 bits per heavy atom. The molecule has 2 aliphatic heterocycles. The van der Waals surface area contributed by atoms with Gasteiger partial charge in [0.25, 0.3) is 0 Å². The highest BCUT2D eigenvalue weighted by atomic mass is 32.1. The van der Waals surface area contributed by atoms with Gasteiger partial charge in [0.05, 0.1) is 16.3 Å². The number of Topliss-reactive ketones (excluding diaryl/α,β-unsaturated/α-hetero) is 1. The summed E-state index contributed by atoms with van der Waals surface area (Å²) in [6.07, 6.45) is 7.92. The standard InChI is InChI=1S/C25H29N5OS/c1-14-11-27-23-22(26)24(32-25(23)28-14)21(31)9-15-2-3-17-10-20(7-4-16(17)8-15)30-12-18-5-6-19(13-30)29-18/h4,7,10-11,15,18-19,29H,2-3,5-6,8-9,12-13,26H2,1H3/t15-,18?,19?/m0/s1. The number of rotatable bonds is 4. The van der Waals surface area contributed by atoms with Gasteiger partial charge in [-0.2, -0.15) is 0 Å². The summed E-state index contributed by atoms with van der Waals surface area (Å²) in [5, 5.41) is 3.72. The van der Waals surface area contributed by atoms with Gasteiger partial charge in [-0.25, -0.2) is 9.97 Å². The summed E-state index contributed by atoms with van der Waals surface area (Å²) in [6, 6.07) is 8.29. The highest BCUT2D eigenvalue weighted by molar-refractivity contribution is 7.21. The van der Waals surface area contributed by atoms with Gasteiger partial charge in [-0.15, -0.1) is 11.3 Å². The third-order valence-electron chi connectivity index (χ3n) is 7.39. The molecular formula is C25H29N5OS. The monoisotopic (exact) mass is 447 g/mol. The first kappa shape index (κ1) is 20.1. The second-order valence-corrected chi connectivity index (χ2v) is 10.7. The Labute approximate surface area is 192 Å². The minimum atomic E-state index is 0.131. The molecule has 2 saturated heterocycles. The molecule has 0 spiro atoms. The van der Waals surface area contributed by atoms with Gasteiger partial charge in [-0.1, -0.05) is 6.07 Å². The number of piperazine rings is 1. The van der Waals surface area contributed by atoms with E-state index in [4.69, 9.17) is 5.73 Å². The van der Waals surface area contributed by atoms with Crippen molar-refractivity contribution in [2.24, 2.45) is 5.92 Å². The van der Waals surface area contributed by atoms with E-state index in [0.29, 0.717) is 40.5 Å². The van der Waals surface area contributed by atoms with Crippen molar-refractivity contribution in [2.75, 3.05) is 23.7 Å². The van der Waals surface area contributed by atoms with Crippen molar-refractivity contribution >= 4 is 38.8 Å². The minimum Gasteiger partial charge on any atom is -0.396 e. The number of nitrogens with two attached hydrogens (primary N) is 1. The van der Waals surface area contributed by atoms with Crippen LogP contribution in [0.2, 0.25) is 0 Å². The average Bonchev–Trinajstić information content (AvgIpc) is 3.30. The maximum Gasteiger partial charge on any atom is 0.175 e. The second-order valence-electron chi connectivity index (χ2n) is 9.74. The number of nitrogens with zero attached hydrogens (tertiary/aromatic N) is 3. The quantitative estimate of drug-likeness (QED) is 0.590. The third-order valence-corrected chi connectivity index (χ3v) is 8.52. The highest BCUT2D eigenvalue weighted by Gasteiger charge is 2.32. The van der Waals surface area contributed by atoms with Gasteiger partial charge in [-0.3, -0.25) is 4.79 Å². The molecular weight excluding hydrogens is 418 g/mol. The zero-order chi connectivity index (χ0) is 21.8. The van der Waals surface area contributed by atoms with Crippen LogP contribution in [0.5, 0.6) is 0 Å². The number of carbonyl (C=O) groups is 1. The van der Waals surface area contributed by atoms with Crippen LogP contribution in [-0.4, -0.2) is 40.9 Å². The zero-order valence-electron chi connectivity index (χ0n) is 18.4. The molecule has 4 heterocycles. The van der Waals surface area contributed by atoms with Crippen LogP contribution in [0.3, 0.4) is 0 Å². The van der Waals surface area contributed by atoms with Gasteiger partial charge in [0.1, 0.15) is 10.3 Å². The lowest BCUT2D eigenvalue weighted by Crippen LogP contribution is -2.51. The van der Waals surface area contributed by atoms with Crippen LogP contribution in [0.25, 0.3) is 10.3 Å². The van der Waals surface area contributed by atoms with Crippen LogP contribution < -0.4 is 16.0 Å². The van der Waals surface area contributed by atoms with E-state index < -0.39 is 0 Å². The molecule has 2 aromatic heterocycles. The Balaban J connectivity index is 1.16. The van der Waals surface area contributed by atoms with Crippen molar-refractivity contribution in [1.82, 2.24) is 15.3 Å². The van der Waals surface area contributed by atoms with Crippen molar-refractivity contribution in [1.29, 1.82) is 0 Å². The Morgan fingerprint density at radius 3 is 2.84 bits per heavy atom. The number of fused-ring (bicyclic) bond motifs is 4. The van der Waals surface area contributed by atoms with E-state index in [1.54, 1.807) is 6.20 Å². The molecule has 6 nitrogen and oxygen atoms in total. The summed E-state index contributed by atoms with van der Waals surface area (Å²) in [5.74, 6) is 0.495. The molecule has 0 amide bonds. The van der Waals surface area contributed by atoms with Crippen molar-refractivity contribution in [2.45, 2.75) is 57.5 Å². The number of aromatic nitrogens is 2. The maximum atomic E-state index is 13.1. The smallest absolute Gasteiger partial charge is 0.175 e. The van der Waals surface area contributed by atoms with E-state index in [-0.39, 0.29) is 5.78 Å². The van der Waals surface area contributed by atoms with Gasteiger partial charge in [-0.05, 0) is 68.2 Å².